The van der Waals surface area contributed by atoms with Gasteiger partial charge in [0.25, 0.3) is 0 Å². The molecule has 2 nitrogen and oxygen atoms in total. The molecule has 2 N–H and O–H groups in total. The first kappa shape index (κ1) is 13.6. The van der Waals surface area contributed by atoms with Gasteiger partial charge in [-0.3, -0.25) is 0 Å². The summed E-state index contributed by atoms with van der Waals surface area (Å²) >= 11 is 0. The first-order valence-electron chi connectivity index (χ1n) is 7.25. The molecule has 0 aliphatic carbocycles. The Kier molecular flexibility index (Phi) is 5.21. The van der Waals surface area contributed by atoms with E-state index in [1.54, 1.807) is 0 Å². The van der Waals surface area contributed by atoms with Crippen molar-refractivity contribution in [3.05, 3.63) is 35.4 Å². The third-order valence-electron chi connectivity index (χ3n) is 3.77. The Balaban J connectivity index is 1.81. The van der Waals surface area contributed by atoms with E-state index in [4.69, 9.17) is 10.5 Å². The van der Waals surface area contributed by atoms with Crippen LogP contribution in [-0.2, 0) is 11.2 Å². The summed E-state index contributed by atoms with van der Waals surface area (Å²) in [5.41, 5.74) is 8.91. The SMILES string of the molecule is CCCc1ccc(C(N)CCC2CCCO2)cc1. The molecule has 0 bridgehead atoms. The minimum Gasteiger partial charge on any atom is -0.378 e. The van der Waals surface area contributed by atoms with Gasteiger partial charge in [-0.05, 0) is 43.2 Å². The Morgan fingerprint density at radius 1 is 1.33 bits per heavy atom. The molecule has 1 heterocycles. The van der Waals surface area contributed by atoms with Gasteiger partial charge in [-0.25, -0.2) is 0 Å². The van der Waals surface area contributed by atoms with Gasteiger partial charge < -0.3 is 10.5 Å². The fraction of sp³-hybridized carbons (Fsp3) is 0.625. The minimum absolute atomic E-state index is 0.157. The van der Waals surface area contributed by atoms with E-state index in [-0.39, 0.29) is 6.04 Å². The molecule has 2 atom stereocenters. The van der Waals surface area contributed by atoms with Crippen LogP contribution in [0.2, 0.25) is 0 Å². The molecular weight excluding hydrogens is 222 g/mol. The summed E-state index contributed by atoms with van der Waals surface area (Å²) in [7, 11) is 0. The number of aryl methyl sites for hydroxylation is 1. The maximum atomic E-state index is 6.24. The van der Waals surface area contributed by atoms with Gasteiger partial charge in [-0.1, -0.05) is 37.6 Å². The van der Waals surface area contributed by atoms with Gasteiger partial charge in [0.1, 0.15) is 0 Å². The Labute approximate surface area is 111 Å². The smallest absolute Gasteiger partial charge is 0.0576 e. The molecule has 1 fully saturated rings. The van der Waals surface area contributed by atoms with Gasteiger partial charge in [0.2, 0.25) is 0 Å². The highest BCUT2D eigenvalue weighted by Gasteiger charge is 2.17. The fourth-order valence-electron chi connectivity index (χ4n) is 2.62. The molecule has 0 saturated carbocycles. The van der Waals surface area contributed by atoms with Crippen molar-refractivity contribution in [2.24, 2.45) is 5.73 Å². The Morgan fingerprint density at radius 3 is 2.72 bits per heavy atom. The molecule has 0 aromatic heterocycles. The predicted molar refractivity (Wildman–Crippen MR) is 75.6 cm³/mol. The second-order valence-electron chi connectivity index (χ2n) is 5.31. The molecule has 1 aromatic carbocycles. The summed E-state index contributed by atoms with van der Waals surface area (Å²) in [6, 6.07) is 8.95. The summed E-state index contributed by atoms with van der Waals surface area (Å²) in [6.45, 7) is 3.15. The molecule has 2 unspecified atom stereocenters. The summed E-state index contributed by atoms with van der Waals surface area (Å²) < 4.78 is 5.63. The van der Waals surface area contributed by atoms with Crippen molar-refractivity contribution >= 4 is 0 Å². The van der Waals surface area contributed by atoms with Crippen LogP contribution in [-0.4, -0.2) is 12.7 Å². The number of hydrogen-bond donors (Lipinski definition) is 1. The van der Waals surface area contributed by atoms with Crippen molar-refractivity contribution in [1.82, 2.24) is 0 Å². The van der Waals surface area contributed by atoms with Crippen LogP contribution < -0.4 is 5.73 Å². The van der Waals surface area contributed by atoms with Gasteiger partial charge in [0, 0.05) is 12.6 Å². The standard InChI is InChI=1S/C16H25NO/c1-2-4-13-6-8-14(9-7-13)16(17)11-10-15-5-3-12-18-15/h6-9,15-16H,2-5,10-12,17H2,1H3. The van der Waals surface area contributed by atoms with E-state index >= 15 is 0 Å². The van der Waals surface area contributed by atoms with Crippen LogP contribution in [0.25, 0.3) is 0 Å². The summed E-state index contributed by atoms with van der Waals surface area (Å²) in [4.78, 5) is 0. The first-order chi connectivity index (χ1) is 8.79. The van der Waals surface area contributed by atoms with Gasteiger partial charge in [0.05, 0.1) is 6.10 Å². The molecule has 0 spiro atoms. The number of benzene rings is 1. The second kappa shape index (κ2) is 6.91. The van der Waals surface area contributed by atoms with Crippen molar-refractivity contribution < 1.29 is 4.74 Å². The lowest BCUT2D eigenvalue weighted by Gasteiger charge is -2.15. The molecule has 0 radical (unpaired) electrons. The van der Waals surface area contributed by atoms with E-state index in [1.807, 2.05) is 0 Å². The lowest BCUT2D eigenvalue weighted by atomic mass is 9.98. The highest BCUT2D eigenvalue weighted by molar-refractivity contribution is 5.24. The van der Waals surface area contributed by atoms with Crippen LogP contribution in [0.1, 0.15) is 56.2 Å². The average Bonchev–Trinajstić information content (AvgIpc) is 2.90. The largest absolute Gasteiger partial charge is 0.378 e. The lowest BCUT2D eigenvalue weighted by Crippen LogP contribution is -2.14. The summed E-state index contributed by atoms with van der Waals surface area (Å²) in [5, 5.41) is 0. The van der Waals surface area contributed by atoms with Gasteiger partial charge in [-0.15, -0.1) is 0 Å². The second-order valence-corrected chi connectivity index (χ2v) is 5.31. The third-order valence-corrected chi connectivity index (χ3v) is 3.77. The van der Waals surface area contributed by atoms with Gasteiger partial charge in [0.15, 0.2) is 0 Å². The van der Waals surface area contributed by atoms with Gasteiger partial charge >= 0.3 is 0 Å². The van der Waals surface area contributed by atoms with E-state index in [1.165, 1.54) is 30.4 Å². The van der Waals surface area contributed by atoms with Gasteiger partial charge in [-0.2, -0.15) is 0 Å². The Morgan fingerprint density at radius 2 is 2.11 bits per heavy atom. The number of ether oxygens (including phenoxy) is 1. The van der Waals surface area contributed by atoms with Crippen molar-refractivity contribution in [3.8, 4) is 0 Å². The van der Waals surface area contributed by atoms with Crippen LogP contribution in [0, 0.1) is 0 Å². The molecule has 100 valence electrons. The maximum Gasteiger partial charge on any atom is 0.0576 e. The van der Waals surface area contributed by atoms with E-state index < -0.39 is 0 Å². The maximum absolute atomic E-state index is 6.24. The highest BCUT2D eigenvalue weighted by Crippen LogP contribution is 2.22. The number of nitrogens with two attached hydrogens (primary N) is 1. The number of hydrogen-bond acceptors (Lipinski definition) is 2. The molecule has 2 rings (SSSR count). The molecular formula is C16H25NO. The van der Waals surface area contributed by atoms with Crippen molar-refractivity contribution in [1.29, 1.82) is 0 Å². The summed E-state index contributed by atoms with van der Waals surface area (Å²) in [6.07, 6.45) is 7.36. The Hall–Kier alpha value is -0.860. The van der Waals surface area contributed by atoms with Crippen LogP contribution in [0.15, 0.2) is 24.3 Å². The molecule has 2 heteroatoms. The average molecular weight is 247 g/mol. The van der Waals surface area contributed by atoms with E-state index in [9.17, 15) is 0 Å². The van der Waals surface area contributed by atoms with Crippen LogP contribution in [0.3, 0.4) is 0 Å². The van der Waals surface area contributed by atoms with Crippen molar-refractivity contribution in [3.63, 3.8) is 0 Å². The zero-order valence-electron chi connectivity index (χ0n) is 11.4. The normalized spacial score (nSPS) is 21.1. The number of rotatable bonds is 6. The van der Waals surface area contributed by atoms with Crippen LogP contribution in [0.4, 0.5) is 0 Å². The molecule has 1 saturated heterocycles. The quantitative estimate of drug-likeness (QED) is 0.833. The molecule has 1 aromatic rings. The third kappa shape index (κ3) is 3.82. The fourth-order valence-corrected chi connectivity index (χ4v) is 2.62. The van der Waals surface area contributed by atoms with E-state index in [0.717, 1.165) is 25.9 Å². The lowest BCUT2D eigenvalue weighted by molar-refractivity contribution is 0.101. The van der Waals surface area contributed by atoms with Crippen molar-refractivity contribution in [2.45, 2.75) is 57.6 Å². The summed E-state index contributed by atoms with van der Waals surface area (Å²) in [5.74, 6) is 0. The van der Waals surface area contributed by atoms with E-state index in [0.29, 0.717) is 6.10 Å². The van der Waals surface area contributed by atoms with Crippen LogP contribution >= 0.6 is 0 Å². The predicted octanol–water partition coefficient (Wildman–Crippen LogP) is 3.60. The zero-order valence-corrected chi connectivity index (χ0v) is 11.4. The van der Waals surface area contributed by atoms with Crippen LogP contribution in [0.5, 0.6) is 0 Å². The van der Waals surface area contributed by atoms with Crippen molar-refractivity contribution in [2.75, 3.05) is 6.61 Å². The molecule has 1 aliphatic heterocycles. The molecule has 18 heavy (non-hydrogen) atoms. The monoisotopic (exact) mass is 247 g/mol. The topological polar surface area (TPSA) is 35.2 Å². The zero-order chi connectivity index (χ0) is 12.8. The minimum atomic E-state index is 0.157. The molecule has 1 aliphatic rings. The molecule has 0 amide bonds. The Bertz CT molecular complexity index is 341. The highest BCUT2D eigenvalue weighted by atomic mass is 16.5. The first-order valence-corrected chi connectivity index (χ1v) is 7.25. The van der Waals surface area contributed by atoms with E-state index in [2.05, 4.69) is 31.2 Å².